The molecule has 0 aromatic rings. The summed E-state index contributed by atoms with van der Waals surface area (Å²) in [5, 5.41) is 0. The summed E-state index contributed by atoms with van der Waals surface area (Å²) in [6.07, 6.45) is 2.69. The Labute approximate surface area is 113 Å². The van der Waals surface area contributed by atoms with Gasteiger partial charge in [0, 0.05) is 5.92 Å². The minimum absolute atomic E-state index is 0. The molecule has 2 heteroatoms. The van der Waals surface area contributed by atoms with Crippen LogP contribution in [0.2, 0.25) is 0 Å². The largest absolute Gasteiger partial charge is 0.333 e. The third-order valence-electron chi connectivity index (χ3n) is 1.64. The first-order chi connectivity index (χ1) is 6.45. The van der Waals surface area contributed by atoms with Crippen LogP contribution in [0.25, 0.3) is 0 Å². The van der Waals surface area contributed by atoms with E-state index in [4.69, 9.17) is 0 Å². The van der Waals surface area contributed by atoms with Gasteiger partial charge in [-0.2, -0.15) is 0 Å². The maximum Gasteiger partial charge on any atom is 0.0806 e. The first-order valence-electron chi connectivity index (χ1n) is 6.05. The zero-order valence-electron chi connectivity index (χ0n) is 12.6. The number of rotatable bonds is 4. The van der Waals surface area contributed by atoms with Gasteiger partial charge < -0.3 is 8.97 Å². The van der Waals surface area contributed by atoms with Crippen molar-refractivity contribution >= 4 is 0 Å². The Kier molecular flexibility index (Phi) is 16.7. The quantitative estimate of drug-likeness (QED) is 0.667. The molecule has 1 unspecified atom stereocenters. The molecule has 0 aromatic heterocycles. The summed E-state index contributed by atoms with van der Waals surface area (Å²) in [4.78, 5) is 0. The molecule has 0 rings (SSSR count). The molecule has 0 aliphatic rings. The highest BCUT2D eigenvalue weighted by Gasteiger charge is 2.11. The molecule has 0 aliphatic heterocycles. The summed E-state index contributed by atoms with van der Waals surface area (Å²) < 4.78 is 2.10. The molecule has 0 saturated carbocycles. The Bertz CT molecular complexity index is 134. The van der Waals surface area contributed by atoms with Crippen LogP contribution in [-0.4, -0.2) is 64.8 Å². The van der Waals surface area contributed by atoms with Crippen LogP contribution < -0.4 is 0 Å². The topological polar surface area (TPSA) is 0 Å². The average Bonchev–Trinajstić information content (AvgIpc) is 1.77. The highest BCUT2D eigenvalue weighted by atomic mass is 15.3. The molecule has 0 radical (unpaired) electrons. The van der Waals surface area contributed by atoms with Crippen molar-refractivity contribution in [2.75, 3.05) is 55.9 Å². The lowest BCUT2D eigenvalue weighted by atomic mass is 10.1. The molecule has 2 nitrogen and oxygen atoms in total. The van der Waals surface area contributed by atoms with Crippen molar-refractivity contribution in [2.45, 2.75) is 41.5 Å². The van der Waals surface area contributed by atoms with Gasteiger partial charge in [0.25, 0.3) is 0 Å². The highest BCUT2D eigenvalue weighted by Crippen LogP contribution is 2.08. The van der Waals surface area contributed by atoms with Gasteiger partial charge in [-0.15, -0.1) is 0 Å². The average molecular weight is 251 g/mol. The van der Waals surface area contributed by atoms with Crippen LogP contribution in [0, 0.1) is 5.92 Å². The van der Waals surface area contributed by atoms with Gasteiger partial charge in [0.1, 0.15) is 0 Å². The van der Waals surface area contributed by atoms with Crippen LogP contribution in [0.1, 0.15) is 41.5 Å². The van der Waals surface area contributed by atoms with Crippen molar-refractivity contribution in [2.24, 2.45) is 5.92 Å². The SMILES string of the molecule is C.C.CCCC(C)C[N+](C)(C)C.C[N+](C)(C)C. The molecule has 1 atom stereocenters. The van der Waals surface area contributed by atoms with Crippen LogP contribution in [0.4, 0.5) is 0 Å². The Morgan fingerprint density at radius 2 is 1.12 bits per heavy atom. The smallest absolute Gasteiger partial charge is 0.0806 e. The minimum atomic E-state index is 0. The second-order valence-corrected chi connectivity index (χ2v) is 7.05. The van der Waals surface area contributed by atoms with Crippen molar-refractivity contribution in [3.63, 3.8) is 0 Å². The van der Waals surface area contributed by atoms with Crippen LogP contribution in [0.15, 0.2) is 0 Å². The summed E-state index contributed by atoms with van der Waals surface area (Å²) in [6, 6.07) is 0. The van der Waals surface area contributed by atoms with Gasteiger partial charge in [-0.3, -0.25) is 0 Å². The molecule has 0 saturated heterocycles. The summed E-state index contributed by atoms with van der Waals surface area (Å²) in [7, 11) is 15.3. The Hall–Kier alpha value is -0.0800. The van der Waals surface area contributed by atoms with Gasteiger partial charge in [0.15, 0.2) is 0 Å². The standard InChI is InChI=1S/C9H22N.C4H12N.2CH4/c1-6-7-9(2)8-10(3,4)5;1-5(2,3)4;;/h9H,6-8H2,1-5H3;1-4H3;2*1H4/q2*+1;;. The van der Waals surface area contributed by atoms with E-state index in [2.05, 4.69) is 63.2 Å². The van der Waals surface area contributed by atoms with Gasteiger partial charge in [-0.05, 0) is 6.42 Å². The number of nitrogens with zero attached hydrogens (tertiary/aromatic N) is 2. The molecule has 0 fully saturated rings. The van der Waals surface area contributed by atoms with E-state index in [0.717, 1.165) is 14.9 Å². The van der Waals surface area contributed by atoms with Crippen molar-refractivity contribution in [3.05, 3.63) is 0 Å². The molecule has 0 bridgehead atoms. The van der Waals surface area contributed by atoms with Crippen LogP contribution in [0.3, 0.4) is 0 Å². The zero-order chi connectivity index (χ0) is 12.7. The fourth-order valence-corrected chi connectivity index (χ4v) is 1.52. The molecule has 110 valence electrons. The maximum absolute atomic E-state index is 2.34. The molecule has 17 heavy (non-hydrogen) atoms. The lowest BCUT2D eigenvalue weighted by molar-refractivity contribution is -0.873. The third-order valence-corrected chi connectivity index (χ3v) is 1.64. The Balaban J connectivity index is -0.000000105. The molecule has 0 spiro atoms. The van der Waals surface area contributed by atoms with E-state index in [9.17, 15) is 0 Å². The molecular weight excluding hydrogens is 208 g/mol. The fourth-order valence-electron chi connectivity index (χ4n) is 1.52. The van der Waals surface area contributed by atoms with E-state index in [1.165, 1.54) is 19.4 Å². The minimum Gasteiger partial charge on any atom is -0.333 e. The van der Waals surface area contributed by atoms with Gasteiger partial charge in [0.05, 0.1) is 55.9 Å². The summed E-state index contributed by atoms with van der Waals surface area (Å²) in [5.41, 5.74) is 0. The van der Waals surface area contributed by atoms with Gasteiger partial charge >= 0.3 is 0 Å². The van der Waals surface area contributed by atoms with Crippen molar-refractivity contribution in [1.82, 2.24) is 0 Å². The molecule has 0 aromatic carbocycles. The van der Waals surface area contributed by atoms with E-state index >= 15 is 0 Å². The predicted molar refractivity (Wildman–Crippen MR) is 84.4 cm³/mol. The van der Waals surface area contributed by atoms with E-state index < -0.39 is 0 Å². The monoisotopic (exact) mass is 250 g/mol. The van der Waals surface area contributed by atoms with Crippen LogP contribution >= 0.6 is 0 Å². The van der Waals surface area contributed by atoms with Crippen LogP contribution in [-0.2, 0) is 0 Å². The molecule has 0 heterocycles. The lowest BCUT2D eigenvalue weighted by Crippen LogP contribution is -2.38. The maximum atomic E-state index is 2.34. The predicted octanol–water partition coefficient (Wildman–Crippen LogP) is 3.72. The molecule has 0 amide bonds. The Morgan fingerprint density at radius 3 is 1.29 bits per heavy atom. The fraction of sp³-hybridized carbons (Fsp3) is 1.00. The van der Waals surface area contributed by atoms with E-state index in [1.54, 1.807) is 0 Å². The molecule has 0 aliphatic carbocycles. The van der Waals surface area contributed by atoms with Crippen molar-refractivity contribution < 1.29 is 8.97 Å². The summed E-state index contributed by atoms with van der Waals surface area (Å²) in [5.74, 6) is 0.880. The van der Waals surface area contributed by atoms with E-state index in [1.807, 2.05) is 0 Å². The number of hydrogen-bond donors (Lipinski definition) is 0. The summed E-state index contributed by atoms with van der Waals surface area (Å²) >= 11 is 0. The molecule has 0 N–H and O–H groups in total. The van der Waals surface area contributed by atoms with Crippen molar-refractivity contribution in [3.8, 4) is 0 Å². The van der Waals surface area contributed by atoms with E-state index in [0.29, 0.717) is 0 Å². The van der Waals surface area contributed by atoms with Gasteiger partial charge in [0.2, 0.25) is 0 Å². The first kappa shape index (κ1) is 25.7. The first-order valence-corrected chi connectivity index (χ1v) is 6.05. The third kappa shape index (κ3) is 49.2. The zero-order valence-corrected chi connectivity index (χ0v) is 12.6. The van der Waals surface area contributed by atoms with Gasteiger partial charge in [-0.25, -0.2) is 0 Å². The second kappa shape index (κ2) is 11.0. The Morgan fingerprint density at radius 1 is 0.824 bits per heavy atom. The second-order valence-electron chi connectivity index (χ2n) is 7.05. The number of quaternary nitrogens is 2. The van der Waals surface area contributed by atoms with Crippen LogP contribution in [0.5, 0.6) is 0 Å². The molecular formula is C15H42N2+2. The lowest BCUT2D eigenvalue weighted by Gasteiger charge is -2.27. The number of hydrogen-bond acceptors (Lipinski definition) is 0. The van der Waals surface area contributed by atoms with Gasteiger partial charge in [-0.1, -0.05) is 35.1 Å². The van der Waals surface area contributed by atoms with Crippen molar-refractivity contribution in [1.29, 1.82) is 0 Å². The summed E-state index contributed by atoms with van der Waals surface area (Å²) in [6.45, 7) is 5.90. The van der Waals surface area contributed by atoms with E-state index in [-0.39, 0.29) is 14.9 Å². The highest BCUT2D eigenvalue weighted by molar-refractivity contribution is 4.48. The normalized spacial score (nSPS) is 12.5.